The van der Waals surface area contributed by atoms with Crippen molar-refractivity contribution in [1.29, 1.82) is 0 Å². The molecule has 176 valence electrons. The highest BCUT2D eigenvalue weighted by Gasteiger charge is 2.21. The number of sulfonamides is 1. The summed E-state index contributed by atoms with van der Waals surface area (Å²) in [6.07, 6.45) is 0.509. The number of carbonyl (C=O) groups is 1. The van der Waals surface area contributed by atoms with Gasteiger partial charge in [0.15, 0.2) is 0 Å². The quantitative estimate of drug-likeness (QED) is 0.456. The topological polar surface area (TPSA) is 115 Å². The number of nitrogens with one attached hydrogen (secondary N) is 1. The van der Waals surface area contributed by atoms with E-state index in [0.717, 1.165) is 16.9 Å². The highest BCUT2D eigenvalue weighted by atomic mass is 32.2. The molecule has 0 aliphatic carbocycles. The summed E-state index contributed by atoms with van der Waals surface area (Å²) in [6.45, 7) is 4.74. The average molecular weight is 473 g/mol. The van der Waals surface area contributed by atoms with Gasteiger partial charge in [-0.3, -0.25) is 4.79 Å². The van der Waals surface area contributed by atoms with E-state index >= 15 is 0 Å². The number of ether oxygens (including phenoxy) is 1. The second kappa shape index (κ2) is 11.1. The van der Waals surface area contributed by atoms with Crippen LogP contribution in [0.5, 0.6) is 5.75 Å². The molecule has 9 nitrogen and oxygen atoms in total. The minimum absolute atomic E-state index is 0.168. The van der Waals surface area contributed by atoms with Crippen LogP contribution < -0.4 is 10.1 Å². The molecule has 1 aromatic heterocycles. The third-order valence-electron chi connectivity index (χ3n) is 5.14. The fourth-order valence-corrected chi connectivity index (χ4v) is 4.67. The number of amides is 1. The van der Waals surface area contributed by atoms with Gasteiger partial charge >= 0.3 is 0 Å². The zero-order valence-electron chi connectivity index (χ0n) is 18.9. The predicted molar refractivity (Wildman–Crippen MR) is 123 cm³/mol. The molecular weight excluding hydrogens is 444 g/mol. The average Bonchev–Trinajstić information content (AvgIpc) is 3.31. The van der Waals surface area contributed by atoms with Crippen LogP contribution in [0.3, 0.4) is 0 Å². The van der Waals surface area contributed by atoms with Gasteiger partial charge in [0.1, 0.15) is 5.75 Å². The van der Waals surface area contributed by atoms with Crippen molar-refractivity contribution in [3.05, 3.63) is 60.0 Å². The van der Waals surface area contributed by atoms with E-state index in [-0.39, 0.29) is 17.2 Å². The smallest absolute Gasteiger partial charge is 0.243 e. The molecule has 0 unspecified atom stereocenters. The van der Waals surface area contributed by atoms with Crippen molar-refractivity contribution in [2.24, 2.45) is 0 Å². The summed E-state index contributed by atoms with van der Waals surface area (Å²) in [5, 5.41) is 6.78. The highest BCUT2D eigenvalue weighted by Crippen LogP contribution is 2.20. The number of aromatic nitrogens is 2. The van der Waals surface area contributed by atoms with Gasteiger partial charge in [0.2, 0.25) is 27.6 Å². The Hall–Kier alpha value is -3.24. The van der Waals surface area contributed by atoms with E-state index < -0.39 is 10.0 Å². The van der Waals surface area contributed by atoms with Crippen molar-refractivity contribution < 1.29 is 22.5 Å². The van der Waals surface area contributed by atoms with Crippen molar-refractivity contribution in [2.45, 2.75) is 38.1 Å². The van der Waals surface area contributed by atoms with Crippen LogP contribution in [0.25, 0.3) is 11.4 Å². The zero-order chi connectivity index (χ0) is 23.8. The lowest BCUT2D eigenvalue weighted by molar-refractivity contribution is -0.121. The Morgan fingerprint density at radius 3 is 2.33 bits per heavy atom. The minimum atomic E-state index is -3.49. The molecule has 3 aromatic rings. The van der Waals surface area contributed by atoms with Gasteiger partial charge in [-0.1, -0.05) is 31.1 Å². The number of hydrogen-bond acceptors (Lipinski definition) is 7. The Balaban J connectivity index is 1.49. The Kier molecular flexibility index (Phi) is 8.18. The molecule has 3 rings (SSSR count). The standard InChI is InChI=1S/C23H28N4O5S/c1-4-27(5-2)33(29,30)20-12-6-17(7-13-20)16-24-21(28)14-15-22-25-23(26-32-22)18-8-10-19(31-3)11-9-18/h6-13H,4-5,14-16H2,1-3H3,(H,24,28). The molecular formula is C23H28N4O5S. The number of methoxy groups -OCH3 is 1. The van der Waals surface area contributed by atoms with Gasteiger partial charge in [-0.15, -0.1) is 0 Å². The molecule has 0 saturated heterocycles. The summed E-state index contributed by atoms with van der Waals surface area (Å²) in [6, 6.07) is 13.8. The molecule has 2 aromatic carbocycles. The van der Waals surface area contributed by atoms with Crippen molar-refractivity contribution in [2.75, 3.05) is 20.2 Å². The second-order valence-corrected chi connectivity index (χ2v) is 9.19. The van der Waals surface area contributed by atoms with E-state index in [4.69, 9.17) is 9.26 Å². The molecule has 1 N–H and O–H groups in total. The number of carbonyl (C=O) groups excluding carboxylic acids is 1. The van der Waals surface area contributed by atoms with E-state index in [9.17, 15) is 13.2 Å². The first-order valence-corrected chi connectivity index (χ1v) is 12.1. The van der Waals surface area contributed by atoms with Crippen LogP contribution >= 0.6 is 0 Å². The first kappa shape index (κ1) is 24.4. The largest absolute Gasteiger partial charge is 0.497 e. The van der Waals surface area contributed by atoms with E-state index in [1.165, 1.54) is 4.31 Å². The molecule has 0 radical (unpaired) electrons. The Labute approximate surface area is 193 Å². The van der Waals surface area contributed by atoms with Crippen LogP contribution in [-0.2, 0) is 27.8 Å². The van der Waals surface area contributed by atoms with Gasteiger partial charge < -0.3 is 14.6 Å². The van der Waals surface area contributed by atoms with Gasteiger partial charge in [-0.05, 0) is 42.0 Å². The molecule has 0 spiro atoms. The van der Waals surface area contributed by atoms with Crippen LogP contribution in [-0.4, -0.2) is 49.0 Å². The lowest BCUT2D eigenvalue weighted by Gasteiger charge is -2.18. The van der Waals surface area contributed by atoms with Crippen LogP contribution in [0.4, 0.5) is 0 Å². The minimum Gasteiger partial charge on any atom is -0.497 e. The van der Waals surface area contributed by atoms with Crippen molar-refractivity contribution in [3.8, 4) is 17.1 Å². The number of rotatable bonds is 11. The third kappa shape index (κ3) is 6.17. The molecule has 0 fully saturated rings. The summed E-state index contributed by atoms with van der Waals surface area (Å²) >= 11 is 0. The molecule has 0 aliphatic heterocycles. The number of hydrogen-bond donors (Lipinski definition) is 1. The lowest BCUT2D eigenvalue weighted by atomic mass is 10.2. The monoisotopic (exact) mass is 472 g/mol. The summed E-state index contributed by atoms with van der Waals surface area (Å²) in [7, 11) is -1.90. The molecule has 1 heterocycles. The molecule has 33 heavy (non-hydrogen) atoms. The van der Waals surface area contributed by atoms with Crippen LogP contribution in [0.1, 0.15) is 31.7 Å². The van der Waals surface area contributed by atoms with E-state index in [0.29, 0.717) is 37.8 Å². The van der Waals surface area contributed by atoms with Crippen LogP contribution in [0.15, 0.2) is 57.9 Å². The van der Waals surface area contributed by atoms with Crippen molar-refractivity contribution in [3.63, 3.8) is 0 Å². The molecule has 0 atom stereocenters. The first-order valence-electron chi connectivity index (χ1n) is 10.7. The Morgan fingerprint density at radius 1 is 1.06 bits per heavy atom. The molecule has 0 bridgehead atoms. The van der Waals surface area contributed by atoms with Gasteiger partial charge in [-0.25, -0.2) is 8.42 Å². The SMILES string of the molecule is CCN(CC)S(=O)(=O)c1ccc(CNC(=O)CCc2nc(-c3ccc(OC)cc3)no2)cc1. The first-order chi connectivity index (χ1) is 15.9. The fraction of sp³-hybridized carbons (Fsp3) is 0.348. The number of benzene rings is 2. The summed E-state index contributed by atoms with van der Waals surface area (Å²) in [5.41, 5.74) is 1.60. The van der Waals surface area contributed by atoms with Crippen molar-refractivity contribution in [1.82, 2.24) is 19.8 Å². The van der Waals surface area contributed by atoms with Gasteiger partial charge in [0.25, 0.3) is 0 Å². The number of aryl methyl sites for hydroxylation is 1. The molecule has 10 heteroatoms. The summed E-state index contributed by atoms with van der Waals surface area (Å²) in [5.74, 6) is 1.40. The van der Waals surface area contributed by atoms with Crippen molar-refractivity contribution >= 4 is 15.9 Å². The maximum atomic E-state index is 12.5. The summed E-state index contributed by atoms with van der Waals surface area (Å²) in [4.78, 5) is 16.8. The third-order valence-corrected chi connectivity index (χ3v) is 7.20. The van der Waals surface area contributed by atoms with Gasteiger partial charge in [-0.2, -0.15) is 9.29 Å². The predicted octanol–water partition coefficient (Wildman–Crippen LogP) is 3.02. The lowest BCUT2D eigenvalue weighted by Crippen LogP contribution is -2.30. The zero-order valence-corrected chi connectivity index (χ0v) is 19.8. The van der Waals surface area contributed by atoms with Gasteiger partial charge in [0.05, 0.1) is 12.0 Å². The Morgan fingerprint density at radius 2 is 1.73 bits per heavy atom. The molecule has 0 saturated carbocycles. The van der Waals surface area contributed by atoms with Crippen LogP contribution in [0.2, 0.25) is 0 Å². The van der Waals surface area contributed by atoms with Crippen LogP contribution in [0, 0.1) is 0 Å². The Bertz CT molecular complexity index is 1150. The number of nitrogens with zero attached hydrogens (tertiary/aromatic N) is 3. The maximum Gasteiger partial charge on any atom is 0.243 e. The maximum absolute atomic E-state index is 12.5. The second-order valence-electron chi connectivity index (χ2n) is 7.25. The normalized spacial score (nSPS) is 11.5. The van der Waals surface area contributed by atoms with E-state index in [1.807, 2.05) is 24.3 Å². The summed E-state index contributed by atoms with van der Waals surface area (Å²) < 4.78 is 36.9. The van der Waals surface area contributed by atoms with Gasteiger partial charge in [0, 0.05) is 38.0 Å². The highest BCUT2D eigenvalue weighted by molar-refractivity contribution is 7.89. The fourth-order valence-electron chi connectivity index (χ4n) is 3.22. The van der Waals surface area contributed by atoms with E-state index in [2.05, 4.69) is 15.5 Å². The molecule has 1 amide bonds. The molecule has 0 aliphatic rings. The van der Waals surface area contributed by atoms with E-state index in [1.54, 1.807) is 45.2 Å².